The van der Waals surface area contributed by atoms with Gasteiger partial charge in [-0.2, -0.15) is 0 Å². The molecule has 0 saturated heterocycles. The highest BCUT2D eigenvalue weighted by Crippen LogP contribution is 2.29. The van der Waals surface area contributed by atoms with Gasteiger partial charge in [-0.25, -0.2) is 4.98 Å². The highest BCUT2D eigenvalue weighted by Gasteiger charge is 2.14. The molecule has 0 fully saturated rings. The molecule has 1 atom stereocenters. The number of aryl methyl sites for hydroxylation is 1. The van der Waals surface area contributed by atoms with Gasteiger partial charge in [-0.15, -0.1) is 35.3 Å². The number of guanidine groups is 1. The van der Waals surface area contributed by atoms with Crippen LogP contribution in [0.15, 0.2) is 29.4 Å². The fourth-order valence-electron chi connectivity index (χ4n) is 2.46. The number of rotatable bonds is 7. The van der Waals surface area contributed by atoms with Crippen LogP contribution in [0.5, 0.6) is 11.5 Å². The van der Waals surface area contributed by atoms with E-state index in [1.807, 2.05) is 24.4 Å². The number of nitrogens with one attached hydrogen (secondary N) is 2. The average molecular weight is 490 g/mol. The first-order chi connectivity index (χ1) is 12.1. The van der Waals surface area contributed by atoms with Crippen LogP contribution < -0.4 is 20.1 Å². The van der Waals surface area contributed by atoms with Crippen LogP contribution in [0.2, 0.25) is 0 Å². The van der Waals surface area contributed by atoms with Crippen molar-refractivity contribution >= 4 is 41.3 Å². The summed E-state index contributed by atoms with van der Waals surface area (Å²) in [6.07, 6.45) is 2.78. The predicted molar refractivity (Wildman–Crippen MR) is 118 cm³/mol. The Morgan fingerprint density at radius 2 is 2.08 bits per heavy atom. The first-order valence-corrected chi connectivity index (χ1v) is 8.99. The lowest BCUT2D eigenvalue weighted by Crippen LogP contribution is -2.39. The van der Waals surface area contributed by atoms with Crippen LogP contribution in [0.25, 0.3) is 0 Å². The molecule has 144 valence electrons. The summed E-state index contributed by atoms with van der Waals surface area (Å²) in [4.78, 5) is 9.90. The molecule has 26 heavy (non-hydrogen) atoms. The number of hydrogen-bond acceptors (Lipinski definition) is 5. The van der Waals surface area contributed by atoms with Crippen molar-refractivity contribution in [3.63, 3.8) is 0 Å². The third-order valence-corrected chi connectivity index (χ3v) is 4.75. The number of aliphatic imine (C=N–C) groups is 1. The Kier molecular flexibility index (Phi) is 9.71. The molecule has 2 aromatic rings. The standard InChI is InChI=1S/C18H26N4O2S.HI/c1-12-11-21-17(25-12)8-9-20-18(19-3)22-13(2)15-10-14(23-4)6-7-16(15)24-5;/h6-7,10-11,13H,8-9H2,1-5H3,(H2,19,20,22);1H. The molecule has 0 saturated carbocycles. The minimum atomic E-state index is 0. The van der Waals surface area contributed by atoms with Crippen molar-refractivity contribution in [3.8, 4) is 11.5 Å². The molecular formula is C18H27IN4O2S. The van der Waals surface area contributed by atoms with Gasteiger partial charge in [0.2, 0.25) is 0 Å². The molecule has 0 aliphatic heterocycles. The quantitative estimate of drug-likeness (QED) is 0.353. The summed E-state index contributed by atoms with van der Waals surface area (Å²) >= 11 is 1.72. The van der Waals surface area contributed by atoms with Gasteiger partial charge in [-0.3, -0.25) is 4.99 Å². The van der Waals surface area contributed by atoms with Crippen molar-refractivity contribution in [2.24, 2.45) is 4.99 Å². The van der Waals surface area contributed by atoms with Crippen LogP contribution >= 0.6 is 35.3 Å². The van der Waals surface area contributed by atoms with Crippen LogP contribution in [0.4, 0.5) is 0 Å². The number of thiazole rings is 1. The van der Waals surface area contributed by atoms with E-state index >= 15 is 0 Å². The maximum atomic E-state index is 5.46. The zero-order chi connectivity index (χ0) is 18.2. The summed E-state index contributed by atoms with van der Waals surface area (Å²) in [5, 5.41) is 7.84. The smallest absolute Gasteiger partial charge is 0.191 e. The van der Waals surface area contributed by atoms with E-state index in [0.717, 1.165) is 41.0 Å². The van der Waals surface area contributed by atoms with Gasteiger partial charge in [-0.1, -0.05) is 0 Å². The Morgan fingerprint density at radius 3 is 2.65 bits per heavy atom. The monoisotopic (exact) mass is 490 g/mol. The van der Waals surface area contributed by atoms with Crippen molar-refractivity contribution in [1.82, 2.24) is 15.6 Å². The van der Waals surface area contributed by atoms with Gasteiger partial charge in [-0.05, 0) is 32.0 Å². The first kappa shape index (κ1) is 22.5. The first-order valence-electron chi connectivity index (χ1n) is 8.17. The lowest BCUT2D eigenvalue weighted by atomic mass is 10.1. The lowest BCUT2D eigenvalue weighted by molar-refractivity contribution is 0.394. The zero-order valence-corrected chi connectivity index (χ0v) is 19.0. The van der Waals surface area contributed by atoms with Crippen molar-refractivity contribution in [2.75, 3.05) is 27.8 Å². The fourth-order valence-corrected chi connectivity index (χ4v) is 3.25. The van der Waals surface area contributed by atoms with Crippen molar-refractivity contribution < 1.29 is 9.47 Å². The molecule has 2 N–H and O–H groups in total. The summed E-state index contributed by atoms with van der Waals surface area (Å²) in [6, 6.07) is 5.78. The maximum Gasteiger partial charge on any atom is 0.191 e. The van der Waals surface area contributed by atoms with Gasteiger partial charge in [0, 0.05) is 36.7 Å². The number of hydrogen-bond donors (Lipinski definition) is 2. The predicted octanol–water partition coefficient (Wildman–Crippen LogP) is 3.56. The van der Waals surface area contributed by atoms with E-state index in [2.05, 4.69) is 34.5 Å². The second-order valence-electron chi connectivity index (χ2n) is 5.59. The Morgan fingerprint density at radius 1 is 1.31 bits per heavy atom. The second-order valence-corrected chi connectivity index (χ2v) is 6.91. The SMILES string of the molecule is CN=C(NCCc1ncc(C)s1)NC(C)c1cc(OC)ccc1OC.I. The largest absolute Gasteiger partial charge is 0.497 e. The normalized spacial score (nSPS) is 12.1. The third kappa shape index (κ3) is 6.31. The zero-order valence-electron chi connectivity index (χ0n) is 15.8. The molecule has 6 nitrogen and oxygen atoms in total. The Labute approximate surface area is 176 Å². The molecule has 0 aliphatic carbocycles. The molecule has 1 aromatic heterocycles. The molecule has 1 unspecified atom stereocenters. The lowest BCUT2D eigenvalue weighted by Gasteiger charge is -2.20. The fraction of sp³-hybridized carbons (Fsp3) is 0.444. The average Bonchev–Trinajstić information content (AvgIpc) is 3.05. The molecule has 0 radical (unpaired) electrons. The number of aromatic nitrogens is 1. The number of benzene rings is 1. The molecule has 0 amide bonds. The topological polar surface area (TPSA) is 67.8 Å². The highest BCUT2D eigenvalue weighted by molar-refractivity contribution is 14.0. The number of methoxy groups -OCH3 is 2. The summed E-state index contributed by atoms with van der Waals surface area (Å²) in [5.74, 6) is 2.35. The molecule has 0 aliphatic rings. The minimum Gasteiger partial charge on any atom is -0.497 e. The molecule has 1 heterocycles. The van der Waals surface area contributed by atoms with Gasteiger partial charge in [0.25, 0.3) is 0 Å². The summed E-state index contributed by atoms with van der Waals surface area (Å²) < 4.78 is 10.8. The highest BCUT2D eigenvalue weighted by atomic mass is 127. The van der Waals surface area contributed by atoms with Gasteiger partial charge >= 0.3 is 0 Å². The van der Waals surface area contributed by atoms with Gasteiger partial charge in [0.15, 0.2) is 5.96 Å². The molecule has 0 bridgehead atoms. The Hall–Kier alpha value is -1.55. The molecule has 2 rings (SSSR count). The second kappa shape index (κ2) is 11.2. The Balaban J connectivity index is 0.00000338. The van der Waals surface area contributed by atoms with Crippen LogP contribution in [-0.4, -0.2) is 38.8 Å². The summed E-state index contributed by atoms with van der Waals surface area (Å²) in [7, 11) is 5.09. The van der Waals surface area contributed by atoms with Crippen LogP contribution in [0, 0.1) is 6.92 Å². The minimum absolute atomic E-state index is 0. The van der Waals surface area contributed by atoms with E-state index in [-0.39, 0.29) is 30.0 Å². The van der Waals surface area contributed by atoms with Crippen LogP contribution in [-0.2, 0) is 6.42 Å². The number of halogens is 1. The van der Waals surface area contributed by atoms with E-state index in [4.69, 9.17) is 9.47 Å². The van der Waals surface area contributed by atoms with Crippen molar-refractivity contribution in [1.29, 1.82) is 0 Å². The van der Waals surface area contributed by atoms with Crippen LogP contribution in [0.1, 0.15) is 28.4 Å². The number of ether oxygens (including phenoxy) is 2. The molecular weight excluding hydrogens is 463 g/mol. The van der Waals surface area contributed by atoms with Gasteiger partial charge in [0.05, 0.1) is 25.3 Å². The van der Waals surface area contributed by atoms with Gasteiger partial charge < -0.3 is 20.1 Å². The summed E-state index contributed by atoms with van der Waals surface area (Å²) in [6.45, 7) is 4.90. The molecule has 8 heteroatoms. The van der Waals surface area contributed by atoms with Crippen LogP contribution in [0.3, 0.4) is 0 Å². The van der Waals surface area contributed by atoms with E-state index in [9.17, 15) is 0 Å². The van der Waals surface area contributed by atoms with Crippen molar-refractivity contribution in [3.05, 3.63) is 39.8 Å². The van der Waals surface area contributed by atoms with E-state index < -0.39 is 0 Å². The van der Waals surface area contributed by atoms with E-state index in [0.29, 0.717) is 0 Å². The maximum absolute atomic E-state index is 5.46. The molecule has 1 aromatic carbocycles. The number of nitrogens with zero attached hydrogens (tertiary/aromatic N) is 2. The summed E-state index contributed by atoms with van der Waals surface area (Å²) in [5.41, 5.74) is 1.01. The van der Waals surface area contributed by atoms with Gasteiger partial charge in [0.1, 0.15) is 11.5 Å². The Bertz CT molecular complexity index is 721. The molecule has 0 spiro atoms. The third-order valence-electron chi connectivity index (χ3n) is 3.78. The van der Waals surface area contributed by atoms with E-state index in [1.54, 1.807) is 32.6 Å². The van der Waals surface area contributed by atoms with E-state index in [1.165, 1.54) is 4.88 Å². The van der Waals surface area contributed by atoms with Crippen molar-refractivity contribution in [2.45, 2.75) is 26.3 Å².